The van der Waals surface area contributed by atoms with Gasteiger partial charge in [0.15, 0.2) is 0 Å². The Kier molecular flexibility index (Phi) is 3.39. The van der Waals surface area contributed by atoms with Crippen LogP contribution in [0.3, 0.4) is 0 Å². The Morgan fingerprint density at radius 2 is 2.22 bits per heavy atom. The molecule has 0 unspecified atom stereocenters. The van der Waals surface area contributed by atoms with Crippen LogP contribution in [-0.4, -0.2) is 17.0 Å². The van der Waals surface area contributed by atoms with Gasteiger partial charge in [0.05, 0.1) is 17.6 Å². The second-order valence-electron chi connectivity index (χ2n) is 3.95. The van der Waals surface area contributed by atoms with E-state index in [0.29, 0.717) is 17.9 Å². The van der Waals surface area contributed by atoms with Crippen LogP contribution >= 0.6 is 0 Å². The number of nitrogen functional groups attached to an aromatic ring is 1. The quantitative estimate of drug-likeness (QED) is 0.879. The fourth-order valence-electron chi connectivity index (χ4n) is 1.74. The first-order valence-electron chi connectivity index (χ1n) is 5.46. The molecule has 2 N–H and O–H groups in total. The van der Waals surface area contributed by atoms with Crippen LogP contribution in [0.2, 0.25) is 0 Å². The van der Waals surface area contributed by atoms with Crippen LogP contribution in [0.15, 0.2) is 36.8 Å². The topological polar surface area (TPSA) is 78.8 Å². The highest BCUT2D eigenvalue weighted by molar-refractivity contribution is 5.65. The van der Waals surface area contributed by atoms with Gasteiger partial charge in [0, 0.05) is 26.0 Å². The summed E-state index contributed by atoms with van der Waals surface area (Å²) in [5.74, 6) is 0. The molecule has 2 aromatic rings. The van der Waals surface area contributed by atoms with E-state index in [-0.39, 0.29) is 0 Å². The van der Waals surface area contributed by atoms with Crippen molar-refractivity contribution in [3.63, 3.8) is 0 Å². The van der Waals surface area contributed by atoms with Crippen LogP contribution in [-0.2, 0) is 6.54 Å². The summed E-state index contributed by atoms with van der Waals surface area (Å²) >= 11 is 0. The number of anilines is 2. The van der Waals surface area contributed by atoms with Crippen LogP contribution in [0.4, 0.5) is 11.4 Å². The SMILES string of the molecule is CN(Cc1ccnc(C#N)c1)c1ccncc1N. The molecule has 0 fully saturated rings. The van der Waals surface area contributed by atoms with Gasteiger partial charge in [0.2, 0.25) is 0 Å². The normalized spacial score (nSPS) is 9.78. The Labute approximate surface area is 106 Å². The van der Waals surface area contributed by atoms with Crippen LogP contribution in [0.25, 0.3) is 0 Å². The number of nitrogens with zero attached hydrogens (tertiary/aromatic N) is 4. The third-order valence-electron chi connectivity index (χ3n) is 2.60. The average Bonchev–Trinajstić information content (AvgIpc) is 2.39. The van der Waals surface area contributed by atoms with Crippen molar-refractivity contribution in [3.05, 3.63) is 48.0 Å². The predicted molar refractivity (Wildman–Crippen MR) is 69.7 cm³/mol. The Morgan fingerprint density at radius 1 is 1.39 bits per heavy atom. The van der Waals surface area contributed by atoms with Crippen molar-refractivity contribution >= 4 is 11.4 Å². The van der Waals surface area contributed by atoms with Crippen LogP contribution < -0.4 is 10.6 Å². The van der Waals surface area contributed by atoms with Gasteiger partial charge in [-0.1, -0.05) is 0 Å². The first-order valence-corrected chi connectivity index (χ1v) is 5.46. The summed E-state index contributed by atoms with van der Waals surface area (Å²) in [6, 6.07) is 7.55. The molecule has 2 rings (SSSR count). The van der Waals surface area contributed by atoms with Crippen molar-refractivity contribution in [1.29, 1.82) is 5.26 Å². The van der Waals surface area contributed by atoms with Crippen molar-refractivity contribution in [2.24, 2.45) is 0 Å². The minimum absolute atomic E-state index is 0.420. The third kappa shape index (κ3) is 2.55. The van der Waals surface area contributed by atoms with Crippen molar-refractivity contribution in [1.82, 2.24) is 9.97 Å². The molecule has 0 bridgehead atoms. The lowest BCUT2D eigenvalue weighted by molar-refractivity contribution is 0.918. The summed E-state index contributed by atoms with van der Waals surface area (Å²) in [5.41, 5.74) is 8.85. The lowest BCUT2D eigenvalue weighted by atomic mass is 10.2. The van der Waals surface area contributed by atoms with E-state index in [2.05, 4.69) is 9.97 Å². The number of hydrogen-bond donors (Lipinski definition) is 1. The molecule has 5 heteroatoms. The summed E-state index contributed by atoms with van der Waals surface area (Å²) in [4.78, 5) is 9.91. The molecular weight excluding hydrogens is 226 g/mol. The minimum atomic E-state index is 0.420. The van der Waals surface area contributed by atoms with Gasteiger partial charge in [-0.05, 0) is 23.8 Å². The molecule has 0 aliphatic heterocycles. The summed E-state index contributed by atoms with van der Waals surface area (Å²) in [5, 5.41) is 8.80. The smallest absolute Gasteiger partial charge is 0.140 e. The largest absolute Gasteiger partial charge is 0.396 e. The first-order chi connectivity index (χ1) is 8.70. The van der Waals surface area contributed by atoms with Crippen LogP contribution in [0, 0.1) is 11.3 Å². The fourth-order valence-corrected chi connectivity index (χ4v) is 1.74. The lowest BCUT2D eigenvalue weighted by Crippen LogP contribution is -2.18. The Morgan fingerprint density at radius 3 is 2.94 bits per heavy atom. The van der Waals surface area contributed by atoms with E-state index in [9.17, 15) is 0 Å². The maximum atomic E-state index is 8.80. The molecule has 0 radical (unpaired) electrons. The van der Waals surface area contributed by atoms with E-state index in [1.807, 2.05) is 30.1 Å². The maximum Gasteiger partial charge on any atom is 0.140 e. The molecule has 2 aromatic heterocycles. The molecular formula is C13H13N5. The highest BCUT2D eigenvalue weighted by Crippen LogP contribution is 2.21. The number of nitrogens with two attached hydrogens (primary N) is 1. The van der Waals surface area contributed by atoms with E-state index in [1.165, 1.54) is 0 Å². The van der Waals surface area contributed by atoms with Gasteiger partial charge in [-0.25, -0.2) is 4.98 Å². The standard InChI is InChI=1S/C13H13N5/c1-18(13-3-4-16-8-12(13)15)9-10-2-5-17-11(6-10)7-14/h2-6,8H,9,15H2,1H3. The van der Waals surface area contributed by atoms with Gasteiger partial charge in [-0.3, -0.25) is 4.98 Å². The van der Waals surface area contributed by atoms with Crippen molar-refractivity contribution in [2.45, 2.75) is 6.54 Å². The summed E-state index contributed by atoms with van der Waals surface area (Å²) in [7, 11) is 1.94. The number of pyridine rings is 2. The monoisotopic (exact) mass is 239 g/mol. The van der Waals surface area contributed by atoms with Crippen molar-refractivity contribution < 1.29 is 0 Å². The van der Waals surface area contributed by atoms with Gasteiger partial charge in [0.1, 0.15) is 11.8 Å². The van der Waals surface area contributed by atoms with Gasteiger partial charge in [-0.2, -0.15) is 5.26 Å². The zero-order chi connectivity index (χ0) is 13.0. The van der Waals surface area contributed by atoms with E-state index >= 15 is 0 Å². The molecule has 0 atom stereocenters. The van der Waals surface area contributed by atoms with Crippen molar-refractivity contribution in [3.8, 4) is 6.07 Å². The second kappa shape index (κ2) is 5.15. The van der Waals surface area contributed by atoms with E-state index in [0.717, 1.165) is 11.3 Å². The number of hydrogen-bond acceptors (Lipinski definition) is 5. The third-order valence-corrected chi connectivity index (χ3v) is 2.60. The fraction of sp³-hybridized carbons (Fsp3) is 0.154. The Balaban J connectivity index is 2.19. The van der Waals surface area contributed by atoms with Crippen molar-refractivity contribution in [2.75, 3.05) is 17.7 Å². The number of aromatic nitrogens is 2. The van der Waals surface area contributed by atoms with Gasteiger partial charge in [0.25, 0.3) is 0 Å². The van der Waals surface area contributed by atoms with E-state index in [1.54, 1.807) is 24.7 Å². The molecule has 18 heavy (non-hydrogen) atoms. The summed E-state index contributed by atoms with van der Waals surface area (Å²) in [6.07, 6.45) is 4.96. The first kappa shape index (κ1) is 11.9. The van der Waals surface area contributed by atoms with Crippen LogP contribution in [0.1, 0.15) is 11.3 Å². The average molecular weight is 239 g/mol. The molecule has 90 valence electrons. The molecule has 0 saturated heterocycles. The van der Waals surface area contributed by atoms with E-state index < -0.39 is 0 Å². The molecule has 2 heterocycles. The van der Waals surface area contributed by atoms with Crippen LogP contribution in [0.5, 0.6) is 0 Å². The Bertz CT molecular complexity index is 588. The lowest BCUT2D eigenvalue weighted by Gasteiger charge is -2.20. The number of nitriles is 1. The highest BCUT2D eigenvalue weighted by atomic mass is 15.1. The highest BCUT2D eigenvalue weighted by Gasteiger charge is 2.06. The molecule has 0 amide bonds. The minimum Gasteiger partial charge on any atom is -0.396 e. The predicted octanol–water partition coefficient (Wildman–Crippen LogP) is 1.57. The maximum absolute atomic E-state index is 8.80. The molecule has 0 aromatic carbocycles. The zero-order valence-corrected chi connectivity index (χ0v) is 10.0. The summed E-state index contributed by atoms with van der Waals surface area (Å²) < 4.78 is 0. The zero-order valence-electron chi connectivity index (χ0n) is 10.0. The molecule has 0 aliphatic rings. The molecule has 5 nitrogen and oxygen atoms in total. The summed E-state index contributed by atoms with van der Waals surface area (Å²) in [6.45, 7) is 0.658. The van der Waals surface area contributed by atoms with E-state index in [4.69, 9.17) is 11.0 Å². The van der Waals surface area contributed by atoms with Gasteiger partial charge < -0.3 is 10.6 Å². The molecule has 0 aliphatic carbocycles. The van der Waals surface area contributed by atoms with Gasteiger partial charge >= 0.3 is 0 Å². The molecule has 0 spiro atoms. The van der Waals surface area contributed by atoms with Gasteiger partial charge in [-0.15, -0.1) is 0 Å². The second-order valence-corrected chi connectivity index (χ2v) is 3.95. The number of rotatable bonds is 3. The molecule has 0 saturated carbocycles. The Hall–Kier alpha value is -2.61.